The fraction of sp³-hybridized carbons (Fsp3) is 0.548. The first kappa shape index (κ1) is 26.7. The maximum Gasteiger partial charge on any atom is 0.320 e. The van der Waals surface area contributed by atoms with Crippen molar-refractivity contribution in [3.8, 4) is 11.3 Å². The van der Waals surface area contributed by atoms with Crippen LogP contribution >= 0.6 is 0 Å². The SMILES string of the molecule is CC(C)c1coc([C@@H]2CCCN2C(=O)N2CCC(O)(Cn3cnc(-c4ccccc4)cc3=O)C3(CCCC3)C2)n1. The molecule has 9 heteroatoms. The van der Waals surface area contributed by atoms with E-state index >= 15 is 0 Å². The van der Waals surface area contributed by atoms with E-state index in [9.17, 15) is 14.7 Å². The van der Waals surface area contributed by atoms with E-state index in [0.29, 0.717) is 37.6 Å². The van der Waals surface area contributed by atoms with Gasteiger partial charge < -0.3 is 19.3 Å². The third kappa shape index (κ3) is 4.74. The maximum absolute atomic E-state index is 13.9. The number of rotatable bonds is 5. The quantitative estimate of drug-likeness (QED) is 0.485. The number of aliphatic hydroxyl groups is 1. The molecule has 4 heterocycles. The summed E-state index contributed by atoms with van der Waals surface area (Å²) in [6.07, 6.45) is 9.10. The topological polar surface area (TPSA) is 105 Å². The van der Waals surface area contributed by atoms with Crippen molar-refractivity contribution in [2.24, 2.45) is 5.41 Å². The van der Waals surface area contributed by atoms with Gasteiger partial charge in [0.2, 0.25) is 5.89 Å². The Morgan fingerprint density at radius 2 is 1.90 bits per heavy atom. The number of benzene rings is 1. The van der Waals surface area contributed by atoms with Crippen molar-refractivity contribution >= 4 is 6.03 Å². The molecule has 40 heavy (non-hydrogen) atoms. The first-order valence-corrected chi connectivity index (χ1v) is 14.6. The molecular weight excluding hydrogens is 506 g/mol. The van der Waals surface area contributed by atoms with Crippen LogP contribution in [-0.2, 0) is 6.54 Å². The number of oxazole rings is 1. The monoisotopic (exact) mass is 545 g/mol. The highest BCUT2D eigenvalue weighted by Crippen LogP contribution is 2.52. The molecule has 1 N–H and O–H groups in total. The van der Waals surface area contributed by atoms with Gasteiger partial charge in [0.05, 0.1) is 29.9 Å². The molecule has 1 spiro atoms. The maximum atomic E-state index is 13.9. The number of hydrogen-bond acceptors (Lipinski definition) is 6. The van der Waals surface area contributed by atoms with Crippen molar-refractivity contribution in [3.05, 3.63) is 70.9 Å². The number of piperidine rings is 1. The van der Waals surface area contributed by atoms with Gasteiger partial charge in [0.1, 0.15) is 12.3 Å². The van der Waals surface area contributed by atoms with E-state index in [-0.39, 0.29) is 30.1 Å². The van der Waals surface area contributed by atoms with Gasteiger partial charge in [-0.25, -0.2) is 14.8 Å². The van der Waals surface area contributed by atoms with Crippen LogP contribution in [0.15, 0.2) is 58.2 Å². The molecule has 2 saturated heterocycles. The smallest absolute Gasteiger partial charge is 0.320 e. The number of urea groups is 1. The van der Waals surface area contributed by atoms with Crippen LogP contribution < -0.4 is 5.56 Å². The zero-order valence-electron chi connectivity index (χ0n) is 23.5. The Balaban J connectivity index is 1.21. The zero-order chi connectivity index (χ0) is 27.9. The number of carbonyl (C=O) groups is 1. The Bertz CT molecular complexity index is 1410. The van der Waals surface area contributed by atoms with Crippen molar-refractivity contribution in [1.82, 2.24) is 24.3 Å². The predicted molar refractivity (Wildman–Crippen MR) is 151 cm³/mol. The number of aromatic nitrogens is 3. The first-order valence-electron chi connectivity index (χ1n) is 14.6. The molecule has 6 rings (SSSR count). The van der Waals surface area contributed by atoms with Gasteiger partial charge in [-0.1, -0.05) is 57.0 Å². The summed E-state index contributed by atoms with van der Waals surface area (Å²) in [5.74, 6) is 0.881. The molecule has 3 aliphatic rings. The zero-order valence-corrected chi connectivity index (χ0v) is 23.5. The minimum atomic E-state index is -1.10. The lowest BCUT2D eigenvalue weighted by Crippen LogP contribution is -2.63. The summed E-state index contributed by atoms with van der Waals surface area (Å²) >= 11 is 0. The number of nitrogens with zero attached hydrogens (tertiary/aromatic N) is 5. The second kappa shape index (κ2) is 10.5. The summed E-state index contributed by atoms with van der Waals surface area (Å²) in [5, 5.41) is 12.2. The van der Waals surface area contributed by atoms with Gasteiger partial charge in [0.15, 0.2) is 0 Å². The lowest BCUT2D eigenvalue weighted by Gasteiger charge is -2.52. The highest BCUT2D eigenvalue weighted by molar-refractivity contribution is 5.75. The van der Waals surface area contributed by atoms with E-state index in [2.05, 4.69) is 23.8 Å². The van der Waals surface area contributed by atoms with Crippen LogP contribution in [-0.4, -0.2) is 60.7 Å². The second-order valence-corrected chi connectivity index (χ2v) is 12.2. The Labute approximate surface area is 234 Å². The third-order valence-corrected chi connectivity index (χ3v) is 9.40. The van der Waals surface area contributed by atoms with Crippen molar-refractivity contribution in [2.75, 3.05) is 19.6 Å². The number of carbonyl (C=O) groups excluding carboxylic acids is 1. The molecule has 1 saturated carbocycles. The molecule has 212 valence electrons. The highest BCUT2D eigenvalue weighted by atomic mass is 16.3. The lowest BCUT2D eigenvalue weighted by molar-refractivity contribution is -0.136. The van der Waals surface area contributed by atoms with Gasteiger partial charge in [-0.15, -0.1) is 0 Å². The lowest BCUT2D eigenvalue weighted by atomic mass is 9.66. The van der Waals surface area contributed by atoms with Gasteiger partial charge in [-0.2, -0.15) is 0 Å². The fourth-order valence-corrected chi connectivity index (χ4v) is 7.01. The van der Waals surface area contributed by atoms with Gasteiger partial charge in [0, 0.05) is 36.7 Å². The van der Waals surface area contributed by atoms with Gasteiger partial charge in [0.25, 0.3) is 5.56 Å². The summed E-state index contributed by atoms with van der Waals surface area (Å²) in [7, 11) is 0. The summed E-state index contributed by atoms with van der Waals surface area (Å²) in [5.41, 5.74) is 0.677. The molecule has 3 aromatic rings. The third-order valence-electron chi connectivity index (χ3n) is 9.40. The summed E-state index contributed by atoms with van der Waals surface area (Å²) in [6.45, 7) is 5.93. The van der Waals surface area contributed by atoms with Crippen molar-refractivity contribution in [2.45, 2.75) is 82.9 Å². The summed E-state index contributed by atoms with van der Waals surface area (Å²) in [4.78, 5) is 40.1. The predicted octanol–water partition coefficient (Wildman–Crippen LogP) is 4.98. The molecule has 0 radical (unpaired) electrons. The van der Waals surface area contributed by atoms with E-state index in [1.165, 1.54) is 4.57 Å². The van der Waals surface area contributed by atoms with Gasteiger partial charge in [-0.3, -0.25) is 9.36 Å². The average Bonchev–Trinajstić information content (AvgIpc) is 3.73. The summed E-state index contributed by atoms with van der Waals surface area (Å²) < 4.78 is 7.35. The molecule has 1 aliphatic carbocycles. The molecule has 9 nitrogen and oxygen atoms in total. The van der Waals surface area contributed by atoms with E-state index < -0.39 is 11.0 Å². The van der Waals surface area contributed by atoms with Gasteiger partial charge >= 0.3 is 6.03 Å². The van der Waals surface area contributed by atoms with Crippen LogP contribution in [0.4, 0.5) is 4.79 Å². The minimum Gasteiger partial charge on any atom is -0.446 e. The van der Waals surface area contributed by atoms with E-state index in [0.717, 1.165) is 49.8 Å². The standard InChI is InChI=1S/C31H39N5O4/c1-22(2)25-18-40-28(33-25)26-11-8-15-36(26)29(38)34-16-14-31(39,30(19-34)12-6-7-13-30)20-35-21-32-24(17-27(35)37)23-9-4-3-5-10-23/h3-5,9-10,17-18,21-22,26,39H,6-8,11-16,19-20H2,1-2H3/t26-,31?/m0/s1. The fourth-order valence-electron chi connectivity index (χ4n) is 7.01. The van der Waals surface area contributed by atoms with Crippen molar-refractivity contribution in [1.29, 1.82) is 0 Å². The molecule has 2 atom stereocenters. The first-order chi connectivity index (χ1) is 19.3. The molecule has 1 aromatic carbocycles. The largest absolute Gasteiger partial charge is 0.446 e. The van der Waals surface area contributed by atoms with E-state index in [1.807, 2.05) is 40.1 Å². The second-order valence-electron chi connectivity index (χ2n) is 12.2. The minimum absolute atomic E-state index is 0.00818. The van der Waals surface area contributed by atoms with Crippen molar-refractivity contribution in [3.63, 3.8) is 0 Å². The van der Waals surface area contributed by atoms with Crippen LogP contribution in [0, 0.1) is 5.41 Å². The summed E-state index contributed by atoms with van der Waals surface area (Å²) in [6, 6.07) is 11.0. The molecule has 1 unspecified atom stereocenters. The van der Waals surface area contributed by atoms with E-state index in [4.69, 9.17) is 4.42 Å². The van der Waals surface area contributed by atoms with Crippen LogP contribution in [0.5, 0.6) is 0 Å². The van der Waals surface area contributed by atoms with E-state index in [1.54, 1.807) is 18.7 Å². The average molecular weight is 546 g/mol. The van der Waals surface area contributed by atoms with Crippen LogP contribution in [0.1, 0.15) is 82.3 Å². The Hall–Kier alpha value is -3.46. The normalized spacial score (nSPS) is 24.4. The number of likely N-dealkylation sites (tertiary alicyclic amines) is 2. The highest BCUT2D eigenvalue weighted by Gasteiger charge is 2.56. The molecule has 2 amide bonds. The molecular formula is C31H39N5O4. The van der Waals surface area contributed by atoms with Crippen LogP contribution in [0.2, 0.25) is 0 Å². The number of hydrogen-bond donors (Lipinski definition) is 1. The van der Waals surface area contributed by atoms with Gasteiger partial charge in [-0.05, 0) is 38.0 Å². The molecule has 0 bridgehead atoms. The molecule has 3 fully saturated rings. The number of amides is 2. The Kier molecular flexibility index (Phi) is 7.02. The molecule has 2 aliphatic heterocycles. The molecule has 2 aromatic heterocycles. The van der Waals surface area contributed by atoms with Crippen molar-refractivity contribution < 1.29 is 14.3 Å². The van der Waals surface area contributed by atoms with Crippen LogP contribution in [0.25, 0.3) is 11.3 Å². The Morgan fingerprint density at radius 1 is 1.12 bits per heavy atom. The Morgan fingerprint density at radius 3 is 2.60 bits per heavy atom. The van der Waals surface area contributed by atoms with Crippen LogP contribution in [0.3, 0.4) is 0 Å².